The minimum absolute atomic E-state index is 0.238. The molecule has 0 aliphatic carbocycles. The third-order valence-corrected chi connectivity index (χ3v) is 3.33. The molecule has 0 bridgehead atoms. The van der Waals surface area contributed by atoms with Crippen LogP contribution in [0.15, 0.2) is 28.7 Å². The van der Waals surface area contributed by atoms with Crippen molar-refractivity contribution in [3.63, 3.8) is 0 Å². The molecule has 1 rings (SSSR count). The van der Waals surface area contributed by atoms with Gasteiger partial charge >= 0.3 is 5.97 Å². The van der Waals surface area contributed by atoms with Gasteiger partial charge in [0, 0.05) is 24.5 Å². The zero-order chi connectivity index (χ0) is 13.5. The van der Waals surface area contributed by atoms with E-state index in [0.717, 1.165) is 10.2 Å². The molecular weight excluding hydrogens is 298 g/mol. The Morgan fingerprint density at radius 3 is 2.78 bits per heavy atom. The molecule has 1 aromatic rings. The third kappa shape index (κ3) is 4.66. The van der Waals surface area contributed by atoms with Crippen molar-refractivity contribution in [1.82, 2.24) is 0 Å². The number of rotatable bonds is 6. The summed E-state index contributed by atoms with van der Waals surface area (Å²) in [6, 6.07) is 7.80. The van der Waals surface area contributed by atoms with Crippen molar-refractivity contribution in [3.8, 4) is 0 Å². The van der Waals surface area contributed by atoms with Crippen LogP contribution in [0, 0.1) is 0 Å². The molecule has 0 amide bonds. The van der Waals surface area contributed by atoms with E-state index in [9.17, 15) is 9.90 Å². The van der Waals surface area contributed by atoms with Crippen molar-refractivity contribution in [2.24, 2.45) is 0 Å². The predicted molar refractivity (Wildman–Crippen MR) is 74.7 cm³/mol. The lowest BCUT2D eigenvalue weighted by molar-refractivity contribution is -0.141. The summed E-state index contributed by atoms with van der Waals surface area (Å²) < 4.78 is 5.52. The Labute approximate surface area is 116 Å². The van der Waals surface area contributed by atoms with Crippen LogP contribution in [0.5, 0.6) is 0 Å². The van der Waals surface area contributed by atoms with E-state index in [1.807, 2.05) is 36.2 Å². The number of anilines is 1. The van der Waals surface area contributed by atoms with Gasteiger partial charge < -0.3 is 14.7 Å². The first-order valence-electron chi connectivity index (χ1n) is 5.75. The highest BCUT2D eigenvalue weighted by molar-refractivity contribution is 9.10. The zero-order valence-electron chi connectivity index (χ0n) is 10.6. The van der Waals surface area contributed by atoms with E-state index in [0.29, 0.717) is 13.0 Å². The quantitative estimate of drug-likeness (QED) is 0.818. The van der Waals surface area contributed by atoms with Gasteiger partial charge in [0.1, 0.15) is 0 Å². The minimum atomic E-state index is -0.554. The number of aliphatic hydroxyl groups is 1. The van der Waals surface area contributed by atoms with Crippen molar-refractivity contribution in [2.45, 2.75) is 18.9 Å². The van der Waals surface area contributed by atoms with Crippen molar-refractivity contribution in [2.75, 3.05) is 25.6 Å². The van der Waals surface area contributed by atoms with E-state index in [4.69, 9.17) is 0 Å². The number of methoxy groups -OCH3 is 1. The second-order valence-electron chi connectivity index (χ2n) is 4.10. The van der Waals surface area contributed by atoms with Crippen molar-refractivity contribution < 1.29 is 14.6 Å². The number of aliphatic hydroxyl groups excluding tert-OH is 1. The van der Waals surface area contributed by atoms with Gasteiger partial charge in [0.05, 0.1) is 18.9 Å². The first-order valence-corrected chi connectivity index (χ1v) is 6.54. The molecule has 0 aliphatic rings. The van der Waals surface area contributed by atoms with Gasteiger partial charge in [-0.1, -0.05) is 12.1 Å². The molecule has 100 valence electrons. The normalized spacial score (nSPS) is 12.0. The lowest BCUT2D eigenvalue weighted by Gasteiger charge is -2.23. The molecule has 0 radical (unpaired) electrons. The van der Waals surface area contributed by atoms with Crippen molar-refractivity contribution >= 4 is 27.6 Å². The molecule has 0 aliphatic heterocycles. The molecule has 1 unspecified atom stereocenters. The summed E-state index contributed by atoms with van der Waals surface area (Å²) >= 11 is 3.46. The highest BCUT2D eigenvalue weighted by atomic mass is 79.9. The van der Waals surface area contributed by atoms with Crippen LogP contribution in [0.4, 0.5) is 5.69 Å². The standard InChI is InChI=1S/C13H18BrNO3/c1-15(12-6-4-3-5-11(12)14)9-10(16)7-8-13(17)18-2/h3-6,10,16H,7-9H2,1-2H3. The number of carbonyl (C=O) groups excluding carboxylic acids is 1. The Kier molecular flexibility index (Phi) is 6.15. The van der Waals surface area contributed by atoms with Gasteiger partial charge in [0.25, 0.3) is 0 Å². The molecule has 1 N–H and O–H groups in total. The molecule has 0 aromatic heterocycles. The van der Waals surface area contributed by atoms with Gasteiger partial charge in [0.15, 0.2) is 0 Å². The zero-order valence-corrected chi connectivity index (χ0v) is 12.2. The maximum absolute atomic E-state index is 11.0. The van der Waals surface area contributed by atoms with Crippen molar-refractivity contribution in [1.29, 1.82) is 0 Å². The van der Waals surface area contributed by atoms with Gasteiger partial charge in [-0.15, -0.1) is 0 Å². The first kappa shape index (κ1) is 15.0. The fraction of sp³-hybridized carbons (Fsp3) is 0.462. The highest BCUT2D eigenvalue weighted by Gasteiger charge is 2.12. The maximum Gasteiger partial charge on any atom is 0.305 e. The second kappa shape index (κ2) is 7.38. The Hall–Kier alpha value is -1.07. The topological polar surface area (TPSA) is 49.8 Å². The van der Waals surface area contributed by atoms with E-state index in [-0.39, 0.29) is 12.4 Å². The van der Waals surface area contributed by atoms with E-state index in [2.05, 4.69) is 20.7 Å². The summed E-state index contributed by atoms with van der Waals surface area (Å²) in [5, 5.41) is 9.85. The van der Waals surface area contributed by atoms with Crippen LogP contribution >= 0.6 is 15.9 Å². The summed E-state index contributed by atoms with van der Waals surface area (Å²) in [4.78, 5) is 12.9. The number of esters is 1. The number of likely N-dealkylation sites (N-methyl/N-ethyl adjacent to an activating group) is 1. The first-order chi connectivity index (χ1) is 8.54. The molecule has 0 spiro atoms. The molecule has 1 aromatic carbocycles. The number of hydrogen-bond acceptors (Lipinski definition) is 4. The third-order valence-electron chi connectivity index (χ3n) is 2.66. The molecule has 4 nitrogen and oxygen atoms in total. The van der Waals surface area contributed by atoms with Crippen LogP contribution in [0.1, 0.15) is 12.8 Å². The fourth-order valence-corrected chi connectivity index (χ4v) is 2.24. The number of benzene rings is 1. The van der Waals surface area contributed by atoms with Crippen molar-refractivity contribution in [3.05, 3.63) is 28.7 Å². The molecule has 18 heavy (non-hydrogen) atoms. The molecule has 0 saturated heterocycles. The predicted octanol–water partition coefficient (Wildman–Crippen LogP) is 2.20. The van der Waals surface area contributed by atoms with E-state index in [1.54, 1.807) is 0 Å². The number of nitrogens with zero attached hydrogens (tertiary/aromatic N) is 1. The van der Waals surface area contributed by atoms with Gasteiger partial charge in [-0.25, -0.2) is 0 Å². The summed E-state index contributed by atoms with van der Waals surface area (Å²) in [5.74, 6) is -0.294. The Bertz CT molecular complexity index is 398. The molecule has 5 heteroatoms. The fourth-order valence-electron chi connectivity index (χ4n) is 1.65. The monoisotopic (exact) mass is 315 g/mol. The van der Waals surface area contributed by atoms with E-state index < -0.39 is 6.10 Å². The molecular formula is C13H18BrNO3. The smallest absolute Gasteiger partial charge is 0.305 e. The molecule has 1 atom stereocenters. The Morgan fingerprint density at radius 2 is 2.17 bits per heavy atom. The Balaban J connectivity index is 2.47. The number of carbonyl (C=O) groups is 1. The van der Waals surface area contributed by atoms with Crippen LogP contribution in [-0.2, 0) is 9.53 Å². The average molecular weight is 316 g/mol. The minimum Gasteiger partial charge on any atom is -0.469 e. The number of halogens is 1. The van der Waals surface area contributed by atoms with Crippen LogP contribution in [-0.4, -0.2) is 37.9 Å². The van der Waals surface area contributed by atoms with Crippen LogP contribution in [0.3, 0.4) is 0 Å². The van der Waals surface area contributed by atoms with E-state index >= 15 is 0 Å². The van der Waals surface area contributed by atoms with Crippen LogP contribution in [0.2, 0.25) is 0 Å². The SMILES string of the molecule is COC(=O)CCC(O)CN(C)c1ccccc1Br. The lowest BCUT2D eigenvalue weighted by Crippen LogP contribution is -2.29. The highest BCUT2D eigenvalue weighted by Crippen LogP contribution is 2.24. The van der Waals surface area contributed by atoms with Crippen LogP contribution in [0.25, 0.3) is 0 Å². The summed E-state index contributed by atoms with van der Waals surface area (Å²) in [6.07, 6.45) is 0.0874. The molecule has 0 saturated carbocycles. The van der Waals surface area contributed by atoms with Gasteiger partial charge in [0.2, 0.25) is 0 Å². The van der Waals surface area contributed by atoms with Gasteiger partial charge in [-0.05, 0) is 34.5 Å². The Morgan fingerprint density at radius 1 is 1.50 bits per heavy atom. The lowest BCUT2D eigenvalue weighted by atomic mass is 10.2. The van der Waals surface area contributed by atoms with E-state index in [1.165, 1.54) is 7.11 Å². The summed E-state index contributed by atoms with van der Waals surface area (Å²) in [5.41, 5.74) is 1.01. The number of hydrogen-bond donors (Lipinski definition) is 1. The molecule has 0 heterocycles. The summed E-state index contributed by atoms with van der Waals surface area (Å²) in [6.45, 7) is 0.472. The summed E-state index contributed by atoms with van der Waals surface area (Å²) in [7, 11) is 3.25. The second-order valence-corrected chi connectivity index (χ2v) is 4.95. The molecule has 0 fully saturated rings. The van der Waals surface area contributed by atoms with Gasteiger partial charge in [-0.2, -0.15) is 0 Å². The maximum atomic E-state index is 11.0. The van der Waals surface area contributed by atoms with Crippen LogP contribution < -0.4 is 4.90 Å². The number of para-hydroxylation sites is 1. The largest absolute Gasteiger partial charge is 0.469 e. The average Bonchev–Trinajstić information content (AvgIpc) is 2.36. The number of ether oxygens (including phenoxy) is 1. The van der Waals surface area contributed by atoms with Gasteiger partial charge in [-0.3, -0.25) is 4.79 Å².